The number of ketones is 1. The Morgan fingerprint density at radius 3 is 2.76 bits per heavy atom. The van der Waals surface area contributed by atoms with E-state index in [1.165, 1.54) is 6.26 Å². The van der Waals surface area contributed by atoms with Crippen LogP contribution < -0.4 is 10.3 Å². The minimum absolute atomic E-state index is 0.0294. The van der Waals surface area contributed by atoms with E-state index in [9.17, 15) is 19.5 Å². The molecule has 0 amide bonds. The van der Waals surface area contributed by atoms with Crippen LogP contribution in [0.25, 0.3) is 21.9 Å². The maximum absolute atomic E-state index is 13.1. The van der Waals surface area contributed by atoms with Crippen molar-refractivity contribution in [3.63, 3.8) is 0 Å². The quantitative estimate of drug-likeness (QED) is 0.291. The second-order valence-electron chi connectivity index (χ2n) is 9.59. The van der Waals surface area contributed by atoms with E-state index in [4.69, 9.17) is 13.9 Å². The van der Waals surface area contributed by atoms with Crippen LogP contribution in [0, 0.1) is 11.8 Å². The average molecular weight is 520 g/mol. The highest BCUT2D eigenvalue weighted by atomic mass is 16.5. The summed E-state index contributed by atoms with van der Waals surface area (Å²) >= 11 is 0. The molecule has 10 nitrogen and oxygen atoms in total. The predicted molar refractivity (Wildman–Crippen MR) is 138 cm³/mol. The molecule has 1 fully saturated rings. The first-order chi connectivity index (χ1) is 18.5. The largest absolute Gasteiger partial charge is 0.493 e. The zero-order chi connectivity index (χ0) is 26.5. The minimum atomic E-state index is -1.12. The number of nitrogens with zero attached hydrogens (tertiary/aromatic N) is 3. The van der Waals surface area contributed by atoms with Gasteiger partial charge in [0.25, 0.3) is 5.56 Å². The van der Waals surface area contributed by atoms with E-state index < -0.39 is 11.9 Å². The SMILES string of the molecule is O=C(CC(CCn1nnc2ccccc2c1=O)C(=O)O)c1coc2cc(OCCC3CCOCC3)ccc12. The fraction of sp³-hybridized carbons (Fsp3) is 0.393. The first-order valence-electron chi connectivity index (χ1n) is 12.8. The van der Waals surface area contributed by atoms with E-state index in [0.29, 0.717) is 45.7 Å². The van der Waals surface area contributed by atoms with Crippen molar-refractivity contribution in [2.45, 2.75) is 38.6 Å². The van der Waals surface area contributed by atoms with Crippen LogP contribution in [0.3, 0.4) is 0 Å². The molecule has 198 valence electrons. The molecule has 3 heterocycles. The summed E-state index contributed by atoms with van der Waals surface area (Å²) in [5, 5.41) is 18.7. The normalized spacial score (nSPS) is 15.1. The summed E-state index contributed by atoms with van der Waals surface area (Å²) in [6.07, 6.45) is 4.23. The number of ether oxygens (including phenoxy) is 2. The fourth-order valence-electron chi connectivity index (χ4n) is 4.79. The van der Waals surface area contributed by atoms with E-state index in [-0.39, 0.29) is 30.7 Å². The fourth-order valence-corrected chi connectivity index (χ4v) is 4.79. The maximum atomic E-state index is 13.1. The van der Waals surface area contributed by atoms with E-state index >= 15 is 0 Å². The van der Waals surface area contributed by atoms with Gasteiger partial charge in [0.1, 0.15) is 23.1 Å². The molecule has 0 radical (unpaired) electrons. The van der Waals surface area contributed by atoms with Gasteiger partial charge in [0.05, 0.1) is 23.5 Å². The van der Waals surface area contributed by atoms with Crippen molar-refractivity contribution < 1.29 is 28.6 Å². The lowest BCUT2D eigenvalue weighted by Gasteiger charge is -2.21. The zero-order valence-electron chi connectivity index (χ0n) is 20.9. The number of carbonyl (C=O) groups excluding carboxylic acids is 1. The standard InChI is InChI=1S/C28H29N3O7/c32-25(15-19(28(34)35)7-11-31-27(33)22-3-1-2-4-24(22)29-30-31)23-17-38-26-16-20(5-6-21(23)26)37-14-10-18-8-12-36-13-9-18/h1-6,16-19H,7-15H2,(H,34,35). The summed E-state index contributed by atoms with van der Waals surface area (Å²) in [6, 6.07) is 12.1. The summed E-state index contributed by atoms with van der Waals surface area (Å²) in [5.74, 6) is -1.20. The lowest BCUT2D eigenvalue weighted by atomic mass is 9.95. The molecule has 10 heteroatoms. The Hall–Kier alpha value is -4.05. The van der Waals surface area contributed by atoms with Gasteiger partial charge >= 0.3 is 5.97 Å². The molecule has 5 rings (SSSR count). The molecule has 2 aromatic carbocycles. The van der Waals surface area contributed by atoms with Crippen LogP contribution in [0.5, 0.6) is 5.75 Å². The van der Waals surface area contributed by atoms with Gasteiger partial charge < -0.3 is 19.0 Å². The van der Waals surface area contributed by atoms with Crippen molar-refractivity contribution in [1.29, 1.82) is 0 Å². The number of carboxylic acid groups (broad SMARTS) is 1. The molecular weight excluding hydrogens is 490 g/mol. The van der Waals surface area contributed by atoms with Gasteiger partial charge in [-0.1, -0.05) is 17.3 Å². The van der Waals surface area contributed by atoms with Crippen molar-refractivity contribution in [1.82, 2.24) is 15.0 Å². The molecule has 1 aliphatic rings. The molecule has 0 saturated carbocycles. The van der Waals surface area contributed by atoms with Crippen molar-refractivity contribution >= 4 is 33.6 Å². The average Bonchev–Trinajstić information content (AvgIpc) is 3.36. The summed E-state index contributed by atoms with van der Waals surface area (Å²) in [6.45, 7) is 2.23. The molecule has 0 spiro atoms. The van der Waals surface area contributed by atoms with Gasteiger partial charge in [-0.05, 0) is 55.9 Å². The Kier molecular flexibility index (Phi) is 7.78. The zero-order valence-corrected chi connectivity index (χ0v) is 20.9. The molecule has 1 N–H and O–H groups in total. The Morgan fingerprint density at radius 2 is 1.95 bits per heavy atom. The lowest BCUT2D eigenvalue weighted by Crippen LogP contribution is -2.27. The lowest BCUT2D eigenvalue weighted by molar-refractivity contribution is -0.142. The molecule has 38 heavy (non-hydrogen) atoms. The van der Waals surface area contributed by atoms with Crippen molar-refractivity contribution in [3.8, 4) is 5.75 Å². The molecule has 1 aliphatic heterocycles. The highest BCUT2D eigenvalue weighted by Gasteiger charge is 2.25. The number of fused-ring (bicyclic) bond motifs is 2. The number of Topliss-reactive ketones (excluding diaryl/α,β-unsaturated/α-hetero) is 1. The van der Waals surface area contributed by atoms with Gasteiger partial charge in [-0.2, -0.15) is 0 Å². The van der Waals surface area contributed by atoms with E-state index in [1.54, 1.807) is 42.5 Å². The molecule has 0 bridgehead atoms. The van der Waals surface area contributed by atoms with E-state index in [1.807, 2.05) is 0 Å². The number of hydrogen-bond donors (Lipinski definition) is 1. The molecule has 1 atom stereocenters. The number of furan rings is 1. The third-order valence-corrected chi connectivity index (χ3v) is 7.08. The van der Waals surface area contributed by atoms with Crippen LogP contribution in [0.1, 0.15) is 42.5 Å². The van der Waals surface area contributed by atoms with Crippen LogP contribution in [-0.2, 0) is 16.1 Å². The summed E-state index contributed by atoms with van der Waals surface area (Å²) in [7, 11) is 0. The van der Waals surface area contributed by atoms with Crippen LogP contribution in [-0.4, -0.2) is 51.7 Å². The Balaban J connectivity index is 1.21. The first-order valence-corrected chi connectivity index (χ1v) is 12.8. The van der Waals surface area contributed by atoms with Crippen LogP contribution in [0.4, 0.5) is 0 Å². The number of aryl methyl sites for hydroxylation is 1. The number of aromatic nitrogens is 3. The topological polar surface area (TPSA) is 134 Å². The first kappa shape index (κ1) is 25.6. The number of aliphatic carboxylic acids is 1. The summed E-state index contributed by atoms with van der Waals surface area (Å²) in [4.78, 5) is 37.6. The maximum Gasteiger partial charge on any atom is 0.307 e. The van der Waals surface area contributed by atoms with E-state index in [0.717, 1.165) is 37.2 Å². The molecular formula is C28H29N3O7. The predicted octanol–water partition coefficient (Wildman–Crippen LogP) is 4.10. The molecule has 0 aliphatic carbocycles. The monoisotopic (exact) mass is 519 g/mol. The third kappa shape index (κ3) is 5.75. The number of hydrogen-bond acceptors (Lipinski definition) is 8. The second-order valence-corrected chi connectivity index (χ2v) is 9.59. The third-order valence-electron chi connectivity index (χ3n) is 7.08. The second kappa shape index (κ2) is 11.6. The number of carboxylic acids is 1. The van der Waals surface area contributed by atoms with Gasteiger partial charge in [0.15, 0.2) is 5.78 Å². The van der Waals surface area contributed by atoms with Crippen molar-refractivity contribution in [2.24, 2.45) is 11.8 Å². The molecule has 1 unspecified atom stereocenters. The van der Waals surface area contributed by atoms with Crippen LogP contribution in [0.2, 0.25) is 0 Å². The molecule has 1 saturated heterocycles. The van der Waals surface area contributed by atoms with E-state index in [2.05, 4.69) is 10.3 Å². The number of carbonyl (C=O) groups is 2. The summed E-state index contributed by atoms with van der Waals surface area (Å²) in [5.41, 5.74) is 0.945. The number of rotatable bonds is 11. The number of benzene rings is 2. The van der Waals surface area contributed by atoms with Crippen molar-refractivity contribution in [2.75, 3.05) is 19.8 Å². The van der Waals surface area contributed by atoms with Gasteiger partial charge in [-0.15, -0.1) is 5.10 Å². The Morgan fingerprint density at radius 1 is 1.13 bits per heavy atom. The molecule has 4 aromatic rings. The highest BCUT2D eigenvalue weighted by molar-refractivity contribution is 6.08. The van der Waals surface area contributed by atoms with Gasteiger partial charge in [0.2, 0.25) is 0 Å². The highest BCUT2D eigenvalue weighted by Crippen LogP contribution is 2.28. The molecule has 2 aromatic heterocycles. The van der Waals surface area contributed by atoms with Crippen molar-refractivity contribution in [3.05, 3.63) is 64.6 Å². The van der Waals surface area contributed by atoms with Crippen LogP contribution >= 0.6 is 0 Å². The summed E-state index contributed by atoms with van der Waals surface area (Å²) < 4.78 is 18.0. The Bertz CT molecular complexity index is 1500. The minimum Gasteiger partial charge on any atom is -0.493 e. The van der Waals surface area contributed by atoms with Gasteiger partial charge in [0, 0.05) is 37.6 Å². The Labute approximate surface area is 218 Å². The smallest absolute Gasteiger partial charge is 0.307 e. The van der Waals surface area contributed by atoms with Gasteiger partial charge in [-0.25, -0.2) is 4.68 Å². The van der Waals surface area contributed by atoms with Gasteiger partial charge in [-0.3, -0.25) is 14.4 Å². The van der Waals surface area contributed by atoms with Crippen LogP contribution in [0.15, 0.2) is 57.9 Å².